The van der Waals surface area contributed by atoms with E-state index in [1.165, 1.54) is 0 Å². The van der Waals surface area contributed by atoms with Crippen LogP contribution in [0.2, 0.25) is 0 Å². The van der Waals surface area contributed by atoms with Crippen molar-refractivity contribution < 1.29 is 14.3 Å². The monoisotopic (exact) mass is 297 g/mol. The van der Waals surface area contributed by atoms with E-state index in [1.807, 2.05) is 53.4 Å². The van der Waals surface area contributed by atoms with Gasteiger partial charge in [0.15, 0.2) is 6.10 Å². The Labute approximate surface area is 130 Å². The Balaban J connectivity index is 1.87. The van der Waals surface area contributed by atoms with E-state index < -0.39 is 6.10 Å². The molecule has 0 saturated heterocycles. The molecule has 0 N–H and O–H groups in total. The van der Waals surface area contributed by atoms with E-state index in [1.54, 1.807) is 14.0 Å². The molecule has 0 bridgehead atoms. The first kappa shape index (κ1) is 14.4. The molecule has 114 valence electrons. The van der Waals surface area contributed by atoms with Gasteiger partial charge in [-0.3, -0.25) is 4.79 Å². The van der Waals surface area contributed by atoms with Crippen LogP contribution in [-0.2, 0) is 17.9 Å². The summed E-state index contributed by atoms with van der Waals surface area (Å²) in [6.45, 7) is 2.89. The number of amides is 1. The Morgan fingerprint density at radius 1 is 1.23 bits per heavy atom. The number of carbonyl (C=O) groups is 1. The molecule has 1 atom stereocenters. The summed E-state index contributed by atoms with van der Waals surface area (Å²) in [5, 5.41) is 0. The molecule has 2 aromatic rings. The molecular formula is C18H19NO3. The summed E-state index contributed by atoms with van der Waals surface area (Å²) >= 11 is 0. The van der Waals surface area contributed by atoms with Crippen LogP contribution in [0.1, 0.15) is 18.1 Å². The molecule has 0 aromatic heterocycles. The molecule has 0 aliphatic carbocycles. The Hall–Kier alpha value is -2.49. The molecule has 0 unspecified atom stereocenters. The standard InChI is InChI=1S/C18H19NO3/c1-13-18(20)19(11-14-6-5-8-16(10-14)21-2)12-15-7-3-4-9-17(15)22-13/h3-10,13H,11-12H2,1-2H3/t13-/m1/s1. The second-order valence-corrected chi connectivity index (χ2v) is 5.41. The summed E-state index contributed by atoms with van der Waals surface area (Å²) < 4.78 is 11.0. The number of para-hydroxylation sites is 1. The van der Waals surface area contributed by atoms with E-state index in [-0.39, 0.29) is 5.91 Å². The van der Waals surface area contributed by atoms with E-state index in [9.17, 15) is 4.79 Å². The molecule has 1 aliphatic heterocycles. The van der Waals surface area contributed by atoms with Gasteiger partial charge in [-0.15, -0.1) is 0 Å². The van der Waals surface area contributed by atoms with Crippen molar-refractivity contribution in [2.24, 2.45) is 0 Å². The molecule has 22 heavy (non-hydrogen) atoms. The second kappa shape index (κ2) is 6.10. The van der Waals surface area contributed by atoms with Crippen molar-refractivity contribution in [2.75, 3.05) is 7.11 Å². The van der Waals surface area contributed by atoms with Gasteiger partial charge in [0, 0.05) is 18.7 Å². The van der Waals surface area contributed by atoms with Gasteiger partial charge in [0.2, 0.25) is 0 Å². The van der Waals surface area contributed by atoms with Gasteiger partial charge in [-0.05, 0) is 30.7 Å². The highest BCUT2D eigenvalue weighted by molar-refractivity contribution is 5.81. The lowest BCUT2D eigenvalue weighted by molar-refractivity contribution is -0.138. The Kier molecular flexibility index (Phi) is 4.00. The number of methoxy groups -OCH3 is 1. The van der Waals surface area contributed by atoms with Gasteiger partial charge in [-0.1, -0.05) is 30.3 Å². The van der Waals surface area contributed by atoms with E-state index >= 15 is 0 Å². The maximum atomic E-state index is 12.5. The van der Waals surface area contributed by atoms with Crippen LogP contribution >= 0.6 is 0 Å². The Morgan fingerprint density at radius 3 is 2.86 bits per heavy atom. The Morgan fingerprint density at radius 2 is 2.05 bits per heavy atom. The molecule has 3 rings (SSSR count). The Bertz CT molecular complexity index is 684. The predicted octanol–water partition coefficient (Wildman–Crippen LogP) is 3.00. The van der Waals surface area contributed by atoms with Gasteiger partial charge < -0.3 is 14.4 Å². The van der Waals surface area contributed by atoms with Crippen molar-refractivity contribution in [2.45, 2.75) is 26.1 Å². The number of rotatable bonds is 3. The molecule has 2 aromatic carbocycles. The minimum atomic E-state index is -0.478. The average Bonchev–Trinajstić information content (AvgIpc) is 2.66. The van der Waals surface area contributed by atoms with Crippen molar-refractivity contribution in [1.29, 1.82) is 0 Å². The molecule has 1 amide bonds. The van der Waals surface area contributed by atoms with Crippen molar-refractivity contribution in [3.05, 3.63) is 59.7 Å². The molecule has 1 aliphatic rings. The number of fused-ring (bicyclic) bond motifs is 1. The normalized spacial score (nSPS) is 17.5. The highest BCUT2D eigenvalue weighted by Crippen LogP contribution is 2.26. The number of carbonyl (C=O) groups excluding carboxylic acids is 1. The van der Waals surface area contributed by atoms with Crippen molar-refractivity contribution in [3.8, 4) is 11.5 Å². The largest absolute Gasteiger partial charge is 0.497 e. The molecule has 1 heterocycles. The molecule has 0 saturated carbocycles. The SMILES string of the molecule is COc1cccc(CN2Cc3ccccc3O[C@H](C)C2=O)c1. The van der Waals surface area contributed by atoms with Crippen LogP contribution in [-0.4, -0.2) is 24.0 Å². The predicted molar refractivity (Wildman–Crippen MR) is 83.8 cm³/mol. The first-order chi connectivity index (χ1) is 10.7. The van der Waals surface area contributed by atoms with Crippen LogP contribution in [0.4, 0.5) is 0 Å². The zero-order valence-corrected chi connectivity index (χ0v) is 12.8. The van der Waals surface area contributed by atoms with Gasteiger partial charge in [0.1, 0.15) is 11.5 Å². The minimum absolute atomic E-state index is 0.000908. The maximum absolute atomic E-state index is 12.5. The number of hydrogen-bond acceptors (Lipinski definition) is 3. The first-order valence-electron chi connectivity index (χ1n) is 7.33. The fourth-order valence-corrected chi connectivity index (χ4v) is 2.66. The number of hydrogen-bond donors (Lipinski definition) is 0. The maximum Gasteiger partial charge on any atom is 0.263 e. The van der Waals surface area contributed by atoms with Crippen LogP contribution in [0.5, 0.6) is 11.5 Å². The molecule has 0 fully saturated rings. The fourth-order valence-electron chi connectivity index (χ4n) is 2.66. The van der Waals surface area contributed by atoms with Crippen LogP contribution < -0.4 is 9.47 Å². The number of nitrogens with zero attached hydrogens (tertiary/aromatic N) is 1. The molecule has 4 nitrogen and oxygen atoms in total. The lowest BCUT2D eigenvalue weighted by atomic mass is 10.1. The summed E-state index contributed by atoms with van der Waals surface area (Å²) in [6.07, 6.45) is -0.478. The summed E-state index contributed by atoms with van der Waals surface area (Å²) in [7, 11) is 1.64. The molecule has 0 spiro atoms. The highest BCUT2D eigenvalue weighted by Gasteiger charge is 2.27. The smallest absolute Gasteiger partial charge is 0.263 e. The summed E-state index contributed by atoms with van der Waals surface area (Å²) in [6, 6.07) is 15.6. The van der Waals surface area contributed by atoms with Crippen molar-refractivity contribution >= 4 is 5.91 Å². The van der Waals surface area contributed by atoms with E-state index in [4.69, 9.17) is 9.47 Å². The van der Waals surface area contributed by atoms with Crippen molar-refractivity contribution in [3.63, 3.8) is 0 Å². The third-order valence-electron chi connectivity index (χ3n) is 3.80. The van der Waals surface area contributed by atoms with Crippen LogP contribution in [0.15, 0.2) is 48.5 Å². The van der Waals surface area contributed by atoms with Crippen LogP contribution in [0.25, 0.3) is 0 Å². The summed E-state index contributed by atoms with van der Waals surface area (Å²) in [5.74, 6) is 1.58. The van der Waals surface area contributed by atoms with E-state index in [0.29, 0.717) is 13.1 Å². The highest BCUT2D eigenvalue weighted by atomic mass is 16.5. The fraction of sp³-hybridized carbons (Fsp3) is 0.278. The molecule has 4 heteroatoms. The quantitative estimate of drug-likeness (QED) is 0.874. The molecule has 0 radical (unpaired) electrons. The van der Waals surface area contributed by atoms with Gasteiger partial charge in [0.05, 0.1) is 7.11 Å². The van der Waals surface area contributed by atoms with Crippen molar-refractivity contribution in [1.82, 2.24) is 4.90 Å². The van der Waals surface area contributed by atoms with Gasteiger partial charge >= 0.3 is 0 Å². The average molecular weight is 297 g/mol. The summed E-state index contributed by atoms with van der Waals surface area (Å²) in [4.78, 5) is 14.4. The minimum Gasteiger partial charge on any atom is -0.497 e. The number of ether oxygens (including phenoxy) is 2. The zero-order chi connectivity index (χ0) is 15.5. The third kappa shape index (κ3) is 2.91. The van der Waals surface area contributed by atoms with Gasteiger partial charge in [0.25, 0.3) is 5.91 Å². The second-order valence-electron chi connectivity index (χ2n) is 5.41. The molecular weight excluding hydrogens is 278 g/mol. The lowest BCUT2D eigenvalue weighted by Crippen LogP contribution is -2.37. The topological polar surface area (TPSA) is 38.8 Å². The lowest BCUT2D eigenvalue weighted by Gasteiger charge is -2.22. The third-order valence-corrected chi connectivity index (χ3v) is 3.80. The number of benzene rings is 2. The van der Waals surface area contributed by atoms with Gasteiger partial charge in [-0.2, -0.15) is 0 Å². The van der Waals surface area contributed by atoms with E-state index in [2.05, 4.69) is 0 Å². The van der Waals surface area contributed by atoms with Crippen LogP contribution in [0.3, 0.4) is 0 Å². The van der Waals surface area contributed by atoms with Gasteiger partial charge in [-0.25, -0.2) is 0 Å². The first-order valence-corrected chi connectivity index (χ1v) is 7.33. The summed E-state index contributed by atoms with van der Waals surface area (Å²) in [5.41, 5.74) is 2.07. The van der Waals surface area contributed by atoms with Crippen LogP contribution in [0, 0.1) is 0 Å². The zero-order valence-electron chi connectivity index (χ0n) is 12.8. The van der Waals surface area contributed by atoms with E-state index in [0.717, 1.165) is 22.6 Å².